The lowest BCUT2D eigenvalue weighted by atomic mass is 10.3. The Morgan fingerprint density at radius 1 is 1.82 bits per heavy atom. The summed E-state index contributed by atoms with van der Waals surface area (Å²) in [5.41, 5.74) is 1.19. The average Bonchev–Trinajstić information content (AvgIpc) is 2.48. The maximum Gasteiger partial charge on any atom is 0.0538 e. The monoisotopic (exact) mass is 151 g/mol. The molecule has 0 spiro atoms. The van der Waals surface area contributed by atoms with Crippen LogP contribution >= 0.6 is 0 Å². The van der Waals surface area contributed by atoms with Gasteiger partial charge in [0.25, 0.3) is 0 Å². The molecule has 0 aromatic carbocycles. The van der Waals surface area contributed by atoms with Crippen molar-refractivity contribution in [1.29, 1.82) is 0 Å². The van der Waals surface area contributed by atoms with E-state index in [0.29, 0.717) is 0 Å². The van der Waals surface area contributed by atoms with E-state index < -0.39 is 0 Å². The van der Waals surface area contributed by atoms with Crippen LogP contribution in [0.4, 0.5) is 0 Å². The van der Waals surface area contributed by atoms with Crippen LogP contribution in [0, 0.1) is 0 Å². The van der Waals surface area contributed by atoms with Gasteiger partial charge in [-0.3, -0.25) is 0 Å². The van der Waals surface area contributed by atoms with Crippen LogP contribution in [-0.2, 0) is 6.54 Å². The molecule has 3 heteroatoms. The van der Waals surface area contributed by atoms with Crippen molar-refractivity contribution < 1.29 is 0 Å². The molecule has 60 valence electrons. The Balaban J connectivity index is 2.51. The van der Waals surface area contributed by atoms with E-state index >= 15 is 0 Å². The maximum absolute atomic E-state index is 4.05. The van der Waals surface area contributed by atoms with Crippen molar-refractivity contribution in [3.8, 4) is 0 Å². The Hall–Kier alpha value is -1.09. The van der Waals surface area contributed by atoms with E-state index in [1.54, 1.807) is 10.9 Å². The quantitative estimate of drug-likeness (QED) is 0.698. The first kappa shape index (κ1) is 8.01. The second-order valence-electron chi connectivity index (χ2n) is 2.29. The van der Waals surface area contributed by atoms with Crippen molar-refractivity contribution in [1.82, 2.24) is 15.1 Å². The Labute approximate surface area is 66.7 Å². The van der Waals surface area contributed by atoms with E-state index in [2.05, 4.69) is 23.9 Å². The summed E-state index contributed by atoms with van der Waals surface area (Å²) >= 11 is 0. The summed E-state index contributed by atoms with van der Waals surface area (Å²) in [6.07, 6.45) is 5.47. The van der Waals surface area contributed by atoms with Gasteiger partial charge < -0.3 is 5.32 Å². The van der Waals surface area contributed by atoms with E-state index in [9.17, 15) is 0 Å². The lowest BCUT2D eigenvalue weighted by molar-refractivity contribution is 0.727. The van der Waals surface area contributed by atoms with Crippen LogP contribution in [0.2, 0.25) is 0 Å². The molecule has 11 heavy (non-hydrogen) atoms. The van der Waals surface area contributed by atoms with E-state index in [0.717, 1.165) is 13.1 Å². The third kappa shape index (κ3) is 2.20. The summed E-state index contributed by atoms with van der Waals surface area (Å²) in [5.74, 6) is 0. The molecule has 0 atom stereocenters. The van der Waals surface area contributed by atoms with Crippen molar-refractivity contribution in [3.05, 3.63) is 24.5 Å². The van der Waals surface area contributed by atoms with Gasteiger partial charge in [-0.05, 0) is 6.54 Å². The fourth-order valence-electron chi connectivity index (χ4n) is 0.838. The highest BCUT2D eigenvalue weighted by molar-refractivity contribution is 5.17. The topological polar surface area (TPSA) is 29.9 Å². The van der Waals surface area contributed by atoms with Gasteiger partial charge in [-0.25, -0.2) is 4.68 Å². The zero-order valence-corrected chi connectivity index (χ0v) is 6.75. The second kappa shape index (κ2) is 3.93. The zero-order valence-electron chi connectivity index (χ0n) is 6.75. The molecule has 0 saturated carbocycles. The van der Waals surface area contributed by atoms with Gasteiger partial charge in [0.15, 0.2) is 0 Å². The van der Waals surface area contributed by atoms with E-state index in [-0.39, 0.29) is 0 Å². The molecule has 0 saturated heterocycles. The largest absolute Gasteiger partial charge is 0.313 e. The molecular weight excluding hydrogens is 138 g/mol. The van der Waals surface area contributed by atoms with Gasteiger partial charge in [-0.2, -0.15) is 5.10 Å². The summed E-state index contributed by atoms with van der Waals surface area (Å²) in [6.45, 7) is 7.55. The molecule has 1 N–H and O–H groups in total. The van der Waals surface area contributed by atoms with Gasteiger partial charge in [0, 0.05) is 24.5 Å². The minimum atomic E-state index is 0.879. The third-order valence-electron chi connectivity index (χ3n) is 1.42. The van der Waals surface area contributed by atoms with Crippen LogP contribution in [0.15, 0.2) is 19.0 Å². The number of hydrogen-bond acceptors (Lipinski definition) is 2. The maximum atomic E-state index is 4.05. The SMILES string of the molecule is C=Cn1cc(CNCC)cn1. The van der Waals surface area contributed by atoms with Crippen LogP contribution in [0.3, 0.4) is 0 Å². The summed E-state index contributed by atoms with van der Waals surface area (Å²) in [6, 6.07) is 0. The smallest absolute Gasteiger partial charge is 0.0538 e. The number of rotatable bonds is 4. The zero-order chi connectivity index (χ0) is 8.10. The summed E-state index contributed by atoms with van der Waals surface area (Å²) in [5, 5.41) is 7.26. The Morgan fingerprint density at radius 2 is 2.64 bits per heavy atom. The predicted octanol–water partition coefficient (Wildman–Crippen LogP) is 1.09. The molecule has 1 aromatic heterocycles. The standard InChI is InChI=1S/C8H13N3/c1-3-9-5-8-6-10-11(4-2)7-8/h4,6-7,9H,2-3,5H2,1H3. The minimum absolute atomic E-state index is 0.879. The van der Waals surface area contributed by atoms with Crippen molar-refractivity contribution in [2.75, 3.05) is 6.54 Å². The molecule has 0 fully saturated rings. The summed E-state index contributed by atoms with van der Waals surface area (Å²) < 4.78 is 1.70. The van der Waals surface area contributed by atoms with Crippen molar-refractivity contribution in [3.63, 3.8) is 0 Å². The number of nitrogens with one attached hydrogen (secondary N) is 1. The molecule has 0 aliphatic heterocycles. The number of aromatic nitrogens is 2. The summed E-state index contributed by atoms with van der Waals surface area (Å²) in [4.78, 5) is 0. The van der Waals surface area contributed by atoms with E-state index in [1.165, 1.54) is 5.56 Å². The van der Waals surface area contributed by atoms with Crippen LogP contribution < -0.4 is 5.32 Å². The number of hydrogen-bond donors (Lipinski definition) is 1. The molecule has 0 radical (unpaired) electrons. The number of nitrogens with zero attached hydrogens (tertiary/aromatic N) is 2. The van der Waals surface area contributed by atoms with E-state index in [1.807, 2.05) is 12.4 Å². The third-order valence-corrected chi connectivity index (χ3v) is 1.42. The van der Waals surface area contributed by atoms with Crippen molar-refractivity contribution >= 4 is 6.20 Å². The predicted molar refractivity (Wildman–Crippen MR) is 46.0 cm³/mol. The molecule has 1 aromatic rings. The van der Waals surface area contributed by atoms with Crippen LogP contribution in [0.5, 0.6) is 0 Å². The Kier molecular flexibility index (Phi) is 2.86. The molecule has 0 unspecified atom stereocenters. The lowest BCUT2D eigenvalue weighted by Crippen LogP contribution is -2.10. The van der Waals surface area contributed by atoms with Crippen LogP contribution in [0.1, 0.15) is 12.5 Å². The minimum Gasteiger partial charge on any atom is -0.313 e. The second-order valence-corrected chi connectivity index (χ2v) is 2.29. The molecular formula is C8H13N3. The van der Waals surface area contributed by atoms with Crippen molar-refractivity contribution in [2.45, 2.75) is 13.5 Å². The van der Waals surface area contributed by atoms with Crippen LogP contribution in [0.25, 0.3) is 6.20 Å². The van der Waals surface area contributed by atoms with Gasteiger partial charge in [0.05, 0.1) is 6.20 Å². The first-order valence-electron chi connectivity index (χ1n) is 3.73. The van der Waals surface area contributed by atoms with Gasteiger partial charge in [-0.15, -0.1) is 0 Å². The molecule has 0 aliphatic rings. The van der Waals surface area contributed by atoms with Crippen molar-refractivity contribution in [2.24, 2.45) is 0 Å². The van der Waals surface area contributed by atoms with E-state index in [4.69, 9.17) is 0 Å². The normalized spacial score (nSPS) is 9.91. The Morgan fingerprint density at radius 3 is 3.18 bits per heavy atom. The first-order valence-corrected chi connectivity index (χ1v) is 3.73. The lowest BCUT2D eigenvalue weighted by Gasteiger charge is -1.94. The molecule has 1 heterocycles. The van der Waals surface area contributed by atoms with Gasteiger partial charge in [-0.1, -0.05) is 13.5 Å². The average molecular weight is 151 g/mol. The summed E-state index contributed by atoms with van der Waals surface area (Å²) in [7, 11) is 0. The first-order chi connectivity index (χ1) is 5.36. The highest BCUT2D eigenvalue weighted by atomic mass is 15.2. The fraction of sp³-hybridized carbons (Fsp3) is 0.375. The molecule has 0 bridgehead atoms. The molecule has 3 nitrogen and oxygen atoms in total. The molecule has 1 rings (SSSR count). The van der Waals surface area contributed by atoms with Gasteiger partial charge in [0.1, 0.15) is 0 Å². The Bertz CT molecular complexity index is 227. The molecule has 0 amide bonds. The van der Waals surface area contributed by atoms with Crippen LogP contribution in [-0.4, -0.2) is 16.3 Å². The highest BCUT2D eigenvalue weighted by Gasteiger charge is 1.93. The molecule has 0 aliphatic carbocycles. The van der Waals surface area contributed by atoms with Gasteiger partial charge >= 0.3 is 0 Å². The highest BCUT2D eigenvalue weighted by Crippen LogP contribution is 1.96. The fourth-order valence-corrected chi connectivity index (χ4v) is 0.838. The van der Waals surface area contributed by atoms with Gasteiger partial charge in [0.2, 0.25) is 0 Å².